The van der Waals surface area contributed by atoms with Gasteiger partial charge in [-0.1, -0.05) is 0 Å². The molecule has 5 nitrogen and oxygen atoms in total. The minimum atomic E-state index is -0.259. The van der Waals surface area contributed by atoms with E-state index in [2.05, 4.69) is 25.6 Å². The predicted molar refractivity (Wildman–Crippen MR) is 68.8 cm³/mol. The van der Waals surface area contributed by atoms with Gasteiger partial charge in [-0.05, 0) is 42.3 Å². The first kappa shape index (κ1) is 12.5. The van der Waals surface area contributed by atoms with Crippen molar-refractivity contribution in [2.24, 2.45) is 0 Å². The molecule has 0 unspecified atom stereocenters. The fourth-order valence-electron chi connectivity index (χ4n) is 1.37. The van der Waals surface area contributed by atoms with Crippen molar-refractivity contribution in [2.45, 2.75) is 6.92 Å². The minimum Gasteiger partial charge on any atom is -0.357 e. The molecule has 0 saturated carbocycles. The fraction of sp³-hybridized carbons (Fsp3) is 0.182. The van der Waals surface area contributed by atoms with Gasteiger partial charge in [0.25, 0.3) is 0 Å². The number of nitrogens with one attached hydrogen (secondary N) is 2. The molecule has 1 aromatic heterocycles. The Labute approximate surface area is 108 Å². The Morgan fingerprint density at radius 3 is 2.56 bits per heavy atom. The standard InChI is InChI=1S/C11H11ClFN5/c1-6-5-7(3-4-8(6)13)15-11-17-9(12)16-10(14-2)18-11/h3-5H,1-2H3,(H2,14,15,16,17,18). The first-order chi connectivity index (χ1) is 8.58. The highest BCUT2D eigenvalue weighted by Gasteiger charge is 2.05. The van der Waals surface area contributed by atoms with Crippen molar-refractivity contribution in [2.75, 3.05) is 17.7 Å². The predicted octanol–water partition coefficient (Wildman–Crippen LogP) is 2.76. The molecule has 0 atom stereocenters. The highest BCUT2D eigenvalue weighted by atomic mass is 35.5. The van der Waals surface area contributed by atoms with E-state index in [0.717, 1.165) is 0 Å². The highest BCUT2D eigenvalue weighted by molar-refractivity contribution is 6.28. The second-order valence-corrected chi connectivity index (χ2v) is 3.93. The number of benzene rings is 1. The van der Waals surface area contributed by atoms with Crippen LogP contribution in [0.4, 0.5) is 22.0 Å². The van der Waals surface area contributed by atoms with Crippen molar-refractivity contribution in [3.05, 3.63) is 34.9 Å². The molecule has 18 heavy (non-hydrogen) atoms. The van der Waals surface area contributed by atoms with Crippen LogP contribution in [0.25, 0.3) is 0 Å². The van der Waals surface area contributed by atoms with E-state index in [1.807, 2.05) is 0 Å². The van der Waals surface area contributed by atoms with E-state index in [4.69, 9.17) is 11.6 Å². The average Bonchev–Trinajstić information content (AvgIpc) is 2.33. The normalized spacial score (nSPS) is 10.2. The largest absolute Gasteiger partial charge is 0.357 e. The number of hydrogen-bond acceptors (Lipinski definition) is 5. The molecule has 0 fully saturated rings. The summed E-state index contributed by atoms with van der Waals surface area (Å²) >= 11 is 5.75. The van der Waals surface area contributed by atoms with E-state index in [9.17, 15) is 4.39 Å². The Balaban J connectivity index is 2.27. The summed E-state index contributed by atoms with van der Waals surface area (Å²) in [6, 6.07) is 4.63. The average molecular weight is 268 g/mol. The van der Waals surface area contributed by atoms with Crippen LogP contribution in [-0.4, -0.2) is 22.0 Å². The number of rotatable bonds is 3. The number of aromatic nitrogens is 3. The lowest BCUT2D eigenvalue weighted by Gasteiger charge is -2.07. The van der Waals surface area contributed by atoms with Crippen molar-refractivity contribution in [3.63, 3.8) is 0 Å². The molecule has 0 aliphatic rings. The molecular weight excluding hydrogens is 257 g/mol. The molecule has 0 radical (unpaired) electrons. The van der Waals surface area contributed by atoms with Crippen LogP contribution in [0.5, 0.6) is 0 Å². The molecule has 0 bridgehead atoms. The number of nitrogens with zero attached hydrogens (tertiary/aromatic N) is 3. The maximum Gasteiger partial charge on any atom is 0.233 e. The van der Waals surface area contributed by atoms with Crippen molar-refractivity contribution in [3.8, 4) is 0 Å². The second-order valence-electron chi connectivity index (χ2n) is 3.59. The summed E-state index contributed by atoms with van der Waals surface area (Å²) < 4.78 is 13.1. The summed E-state index contributed by atoms with van der Waals surface area (Å²) in [6.07, 6.45) is 0. The number of hydrogen-bond donors (Lipinski definition) is 2. The molecule has 94 valence electrons. The van der Waals surface area contributed by atoms with Crippen LogP contribution in [0, 0.1) is 12.7 Å². The van der Waals surface area contributed by atoms with Crippen LogP contribution >= 0.6 is 11.6 Å². The zero-order valence-corrected chi connectivity index (χ0v) is 10.6. The summed E-state index contributed by atoms with van der Waals surface area (Å²) in [5.41, 5.74) is 1.22. The molecule has 0 aliphatic heterocycles. The SMILES string of the molecule is CNc1nc(Cl)nc(Nc2ccc(F)c(C)c2)n1. The topological polar surface area (TPSA) is 62.7 Å². The van der Waals surface area contributed by atoms with Crippen LogP contribution in [0.3, 0.4) is 0 Å². The lowest BCUT2D eigenvalue weighted by atomic mass is 10.2. The van der Waals surface area contributed by atoms with E-state index < -0.39 is 0 Å². The summed E-state index contributed by atoms with van der Waals surface area (Å²) in [7, 11) is 1.68. The Morgan fingerprint density at radius 1 is 1.17 bits per heavy atom. The van der Waals surface area contributed by atoms with Crippen molar-refractivity contribution in [1.29, 1.82) is 0 Å². The highest BCUT2D eigenvalue weighted by Crippen LogP contribution is 2.18. The smallest absolute Gasteiger partial charge is 0.233 e. The maximum absolute atomic E-state index is 13.1. The maximum atomic E-state index is 13.1. The lowest BCUT2D eigenvalue weighted by molar-refractivity contribution is 0.619. The third kappa shape index (κ3) is 2.84. The molecular formula is C11H11ClFN5. The molecule has 0 saturated heterocycles. The van der Waals surface area contributed by atoms with E-state index >= 15 is 0 Å². The summed E-state index contributed by atoms with van der Waals surface area (Å²) in [6.45, 7) is 1.68. The Hall–Kier alpha value is -1.95. The van der Waals surface area contributed by atoms with Crippen LogP contribution in [-0.2, 0) is 0 Å². The van der Waals surface area contributed by atoms with Crippen LogP contribution in [0.2, 0.25) is 5.28 Å². The van der Waals surface area contributed by atoms with Crippen molar-refractivity contribution in [1.82, 2.24) is 15.0 Å². The Kier molecular flexibility index (Phi) is 3.57. The van der Waals surface area contributed by atoms with Gasteiger partial charge in [-0.3, -0.25) is 0 Å². The van der Waals surface area contributed by atoms with Gasteiger partial charge in [0.2, 0.25) is 17.2 Å². The molecule has 1 heterocycles. The van der Waals surface area contributed by atoms with Gasteiger partial charge in [-0.15, -0.1) is 0 Å². The molecule has 1 aromatic carbocycles. The quantitative estimate of drug-likeness (QED) is 0.895. The minimum absolute atomic E-state index is 0.0793. The number of halogens is 2. The van der Waals surface area contributed by atoms with Crippen LogP contribution in [0.15, 0.2) is 18.2 Å². The van der Waals surface area contributed by atoms with Gasteiger partial charge in [-0.2, -0.15) is 15.0 Å². The third-order valence-corrected chi connectivity index (χ3v) is 2.41. The molecule has 0 aliphatic carbocycles. The summed E-state index contributed by atoms with van der Waals surface area (Å²) in [4.78, 5) is 11.9. The summed E-state index contributed by atoms with van der Waals surface area (Å²) in [5, 5.41) is 5.78. The van der Waals surface area contributed by atoms with Crippen LogP contribution in [0.1, 0.15) is 5.56 Å². The number of aryl methyl sites for hydroxylation is 1. The zero-order valence-electron chi connectivity index (χ0n) is 9.83. The zero-order chi connectivity index (χ0) is 13.1. The van der Waals surface area contributed by atoms with Crippen molar-refractivity contribution < 1.29 is 4.39 Å². The van der Waals surface area contributed by atoms with Crippen molar-refractivity contribution >= 4 is 29.2 Å². The van der Waals surface area contributed by atoms with Gasteiger partial charge in [0.15, 0.2) is 0 Å². The van der Waals surface area contributed by atoms with Gasteiger partial charge in [0.1, 0.15) is 5.82 Å². The van der Waals surface area contributed by atoms with E-state index in [-0.39, 0.29) is 11.1 Å². The van der Waals surface area contributed by atoms with Gasteiger partial charge in [-0.25, -0.2) is 4.39 Å². The molecule has 7 heteroatoms. The molecule has 2 rings (SSSR count). The van der Waals surface area contributed by atoms with E-state index in [1.54, 1.807) is 26.1 Å². The van der Waals surface area contributed by atoms with Crippen LogP contribution < -0.4 is 10.6 Å². The van der Waals surface area contributed by atoms with Gasteiger partial charge in [0, 0.05) is 12.7 Å². The van der Waals surface area contributed by atoms with E-state index in [1.165, 1.54) is 6.07 Å². The third-order valence-electron chi connectivity index (χ3n) is 2.25. The second kappa shape index (κ2) is 5.14. The lowest BCUT2D eigenvalue weighted by Crippen LogP contribution is -2.03. The first-order valence-electron chi connectivity index (χ1n) is 5.21. The molecule has 0 spiro atoms. The molecule has 0 amide bonds. The Morgan fingerprint density at radius 2 is 1.89 bits per heavy atom. The van der Waals surface area contributed by atoms with Gasteiger partial charge >= 0.3 is 0 Å². The Bertz CT molecular complexity index is 575. The number of anilines is 3. The van der Waals surface area contributed by atoms with Gasteiger partial charge in [0.05, 0.1) is 0 Å². The monoisotopic (exact) mass is 267 g/mol. The molecule has 2 aromatic rings. The first-order valence-corrected chi connectivity index (χ1v) is 5.59. The fourth-order valence-corrected chi connectivity index (χ4v) is 1.53. The molecule has 2 N–H and O–H groups in total. The summed E-state index contributed by atoms with van der Waals surface area (Å²) in [5.74, 6) is 0.395. The van der Waals surface area contributed by atoms with E-state index in [0.29, 0.717) is 23.1 Å². The van der Waals surface area contributed by atoms with Gasteiger partial charge < -0.3 is 10.6 Å².